The van der Waals surface area contributed by atoms with Crippen molar-refractivity contribution in [2.75, 3.05) is 20.1 Å². The van der Waals surface area contributed by atoms with Crippen molar-refractivity contribution in [3.8, 4) is 0 Å². The standard InChI is InChI=1S/C20H24N4O2S/c1-3-11-21-20(26)23(2)14-19(25)24-17(15-8-5-4-6-9-15)13-16(22-24)18-10-7-12-27-18/h4-10,12,17H,3,11,13-14H2,1-2H3,(H,21,26)/t17-/m1/s1. The summed E-state index contributed by atoms with van der Waals surface area (Å²) in [5, 5.41) is 10.9. The monoisotopic (exact) mass is 384 g/mol. The lowest BCUT2D eigenvalue weighted by atomic mass is 10.0. The molecule has 3 amide bonds. The summed E-state index contributed by atoms with van der Waals surface area (Å²) >= 11 is 1.62. The Hall–Kier alpha value is -2.67. The van der Waals surface area contributed by atoms with Crippen LogP contribution in [0.5, 0.6) is 0 Å². The highest BCUT2D eigenvalue weighted by Crippen LogP contribution is 2.33. The fourth-order valence-electron chi connectivity index (χ4n) is 2.98. The summed E-state index contributed by atoms with van der Waals surface area (Å²) in [5.41, 5.74) is 1.95. The summed E-state index contributed by atoms with van der Waals surface area (Å²) in [6.45, 7) is 2.56. The van der Waals surface area contributed by atoms with Crippen molar-refractivity contribution in [1.82, 2.24) is 15.2 Å². The molecule has 6 nitrogen and oxygen atoms in total. The van der Waals surface area contributed by atoms with Gasteiger partial charge in [-0.2, -0.15) is 5.10 Å². The highest BCUT2D eigenvalue weighted by Gasteiger charge is 2.34. The minimum absolute atomic E-state index is 0.0138. The topological polar surface area (TPSA) is 65.0 Å². The third-order valence-electron chi connectivity index (χ3n) is 4.40. The molecule has 1 aliphatic heterocycles. The van der Waals surface area contributed by atoms with Crippen LogP contribution in [0.3, 0.4) is 0 Å². The van der Waals surface area contributed by atoms with Crippen LogP contribution in [0.25, 0.3) is 0 Å². The second-order valence-corrected chi connectivity index (χ2v) is 7.43. The van der Waals surface area contributed by atoms with E-state index in [4.69, 9.17) is 0 Å². The molecule has 27 heavy (non-hydrogen) atoms. The predicted molar refractivity (Wildman–Crippen MR) is 108 cm³/mol. The van der Waals surface area contributed by atoms with E-state index in [1.54, 1.807) is 18.4 Å². The van der Waals surface area contributed by atoms with Crippen molar-refractivity contribution < 1.29 is 9.59 Å². The number of thiophene rings is 1. The van der Waals surface area contributed by atoms with Gasteiger partial charge < -0.3 is 10.2 Å². The maximum absolute atomic E-state index is 12.9. The lowest BCUT2D eigenvalue weighted by molar-refractivity contribution is -0.133. The zero-order chi connectivity index (χ0) is 19.2. The highest BCUT2D eigenvalue weighted by molar-refractivity contribution is 7.12. The van der Waals surface area contributed by atoms with Crippen LogP contribution in [-0.4, -0.2) is 47.7 Å². The fraction of sp³-hybridized carbons (Fsp3) is 0.350. The molecule has 1 aromatic carbocycles. The van der Waals surface area contributed by atoms with Crippen molar-refractivity contribution >= 4 is 29.0 Å². The fourth-order valence-corrected chi connectivity index (χ4v) is 3.70. The molecular formula is C20H24N4O2S. The lowest BCUT2D eigenvalue weighted by Gasteiger charge is -2.25. The maximum atomic E-state index is 12.9. The quantitative estimate of drug-likeness (QED) is 0.829. The van der Waals surface area contributed by atoms with Crippen LogP contribution in [0.15, 0.2) is 52.9 Å². The number of rotatable bonds is 6. The number of carbonyl (C=O) groups excluding carboxylic acids is 2. The number of benzene rings is 1. The Morgan fingerprint density at radius 3 is 2.70 bits per heavy atom. The van der Waals surface area contributed by atoms with Crippen LogP contribution in [-0.2, 0) is 4.79 Å². The van der Waals surface area contributed by atoms with Crippen molar-refractivity contribution in [2.24, 2.45) is 5.10 Å². The molecule has 2 aromatic rings. The number of likely N-dealkylation sites (N-methyl/N-ethyl adjacent to an activating group) is 1. The van der Waals surface area contributed by atoms with Gasteiger partial charge in [0.2, 0.25) is 0 Å². The van der Waals surface area contributed by atoms with Gasteiger partial charge in [0.05, 0.1) is 16.6 Å². The van der Waals surface area contributed by atoms with Gasteiger partial charge in [0.25, 0.3) is 5.91 Å². The molecular weight excluding hydrogens is 360 g/mol. The van der Waals surface area contributed by atoms with Crippen molar-refractivity contribution in [2.45, 2.75) is 25.8 Å². The Morgan fingerprint density at radius 1 is 1.26 bits per heavy atom. The smallest absolute Gasteiger partial charge is 0.317 e. The maximum Gasteiger partial charge on any atom is 0.317 e. The van der Waals surface area contributed by atoms with Crippen LogP contribution in [0.2, 0.25) is 0 Å². The van der Waals surface area contributed by atoms with Gasteiger partial charge in [-0.1, -0.05) is 43.3 Å². The zero-order valence-electron chi connectivity index (χ0n) is 15.6. The van der Waals surface area contributed by atoms with E-state index in [1.807, 2.05) is 54.8 Å². The molecule has 0 unspecified atom stereocenters. The van der Waals surface area contributed by atoms with E-state index in [9.17, 15) is 9.59 Å². The minimum atomic E-state index is -0.247. The molecule has 1 aromatic heterocycles. The van der Waals surface area contributed by atoms with Crippen LogP contribution < -0.4 is 5.32 Å². The second-order valence-electron chi connectivity index (χ2n) is 6.48. The van der Waals surface area contributed by atoms with Crippen LogP contribution in [0.4, 0.5) is 4.79 Å². The van der Waals surface area contributed by atoms with E-state index in [0.29, 0.717) is 13.0 Å². The first-order valence-corrected chi connectivity index (χ1v) is 9.95. The lowest BCUT2D eigenvalue weighted by Crippen LogP contribution is -2.43. The number of hydrazone groups is 1. The van der Waals surface area contributed by atoms with Crippen molar-refractivity contribution in [1.29, 1.82) is 0 Å². The Balaban J connectivity index is 1.78. The van der Waals surface area contributed by atoms with Crippen LogP contribution in [0.1, 0.15) is 36.2 Å². The molecule has 0 aliphatic carbocycles. The van der Waals surface area contributed by atoms with E-state index >= 15 is 0 Å². The molecule has 3 rings (SSSR count). The van der Waals surface area contributed by atoms with E-state index in [-0.39, 0.29) is 24.5 Å². The molecule has 0 bridgehead atoms. The first kappa shape index (κ1) is 19.1. The first-order chi connectivity index (χ1) is 13.1. The highest BCUT2D eigenvalue weighted by atomic mass is 32.1. The summed E-state index contributed by atoms with van der Waals surface area (Å²) in [5.74, 6) is -0.190. The number of urea groups is 1. The van der Waals surface area contributed by atoms with Gasteiger partial charge in [-0.05, 0) is 23.4 Å². The Labute approximate surface area is 163 Å². The molecule has 0 fully saturated rings. The molecule has 1 atom stereocenters. The summed E-state index contributed by atoms with van der Waals surface area (Å²) in [6.07, 6.45) is 1.52. The summed E-state index contributed by atoms with van der Waals surface area (Å²) < 4.78 is 0. The van der Waals surface area contributed by atoms with E-state index in [2.05, 4.69) is 10.4 Å². The van der Waals surface area contributed by atoms with Gasteiger partial charge in [0.15, 0.2) is 0 Å². The second kappa shape index (κ2) is 8.81. The average molecular weight is 385 g/mol. The number of hydrogen-bond donors (Lipinski definition) is 1. The molecule has 1 aliphatic rings. The van der Waals surface area contributed by atoms with Crippen molar-refractivity contribution in [3.63, 3.8) is 0 Å². The van der Waals surface area contributed by atoms with Gasteiger partial charge in [0.1, 0.15) is 6.54 Å². The SMILES string of the molecule is CCCNC(=O)N(C)CC(=O)N1N=C(c2cccs2)C[C@@H]1c1ccccc1. The molecule has 0 saturated heterocycles. The number of carbonyl (C=O) groups is 2. The molecule has 2 heterocycles. The van der Waals surface area contributed by atoms with Crippen molar-refractivity contribution in [3.05, 3.63) is 58.3 Å². The Bertz CT molecular complexity index is 805. The summed E-state index contributed by atoms with van der Waals surface area (Å²) in [4.78, 5) is 27.5. The van der Waals surface area contributed by atoms with Crippen LogP contribution in [0, 0.1) is 0 Å². The molecule has 0 saturated carbocycles. The zero-order valence-corrected chi connectivity index (χ0v) is 16.4. The summed E-state index contributed by atoms with van der Waals surface area (Å²) in [6, 6.07) is 13.5. The van der Waals surface area contributed by atoms with Gasteiger partial charge in [-0.15, -0.1) is 11.3 Å². The van der Waals surface area contributed by atoms with Gasteiger partial charge in [0, 0.05) is 20.0 Å². The molecule has 0 radical (unpaired) electrons. The van der Waals surface area contributed by atoms with Gasteiger partial charge in [-0.25, -0.2) is 9.80 Å². The summed E-state index contributed by atoms with van der Waals surface area (Å²) in [7, 11) is 1.63. The molecule has 7 heteroatoms. The Kier molecular flexibility index (Phi) is 6.24. The first-order valence-electron chi connectivity index (χ1n) is 9.07. The van der Waals surface area contributed by atoms with E-state index in [0.717, 1.165) is 22.6 Å². The minimum Gasteiger partial charge on any atom is -0.338 e. The largest absolute Gasteiger partial charge is 0.338 e. The predicted octanol–water partition coefficient (Wildman–Crippen LogP) is 3.48. The Morgan fingerprint density at radius 2 is 2.04 bits per heavy atom. The van der Waals surface area contributed by atoms with Gasteiger partial charge in [-0.3, -0.25) is 4.79 Å². The molecule has 0 spiro atoms. The average Bonchev–Trinajstić information content (AvgIpc) is 3.36. The van der Waals surface area contributed by atoms with E-state index < -0.39 is 0 Å². The van der Waals surface area contributed by atoms with E-state index in [1.165, 1.54) is 9.91 Å². The molecule has 142 valence electrons. The normalized spacial score (nSPS) is 16.1. The number of nitrogens with zero attached hydrogens (tertiary/aromatic N) is 3. The molecule has 1 N–H and O–H groups in total. The van der Waals surface area contributed by atoms with Gasteiger partial charge >= 0.3 is 6.03 Å². The third-order valence-corrected chi connectivity index (χ3v) is 5.32. The van der Waals surface area contributed by atoms with Crippen LogP contribution >= 0.6 is 11.3 Å². The third kappa shape index (κ3) is 4.54. The number of nitrogens with one attached hydrogen (secondary N) is 1. The number of hydrogen-bond acceptors (Lipinski definition) is 4. The number of amides is 3.